The Kier molecular flexibility index (Phi) is 2.95. The average molecular weight is 201 g/mol. The number of aliphatic imine (C=N–C) groups is 1. The van der Waals surface area contributed by atoms with E-state index in [9.17, 15) is 4.79 Å². The molecule has 0 N–H and O–H groups in total. The van der Waals surface area contributed by atoms with Crippen LogP contribution in [0.3, 0.4) is 0 Å². The van der Waals surface area contributed by atoms with E-state index in [2.05, 4.69) is 17.1 Å². The predicted molar refractivity (Wildman–Crippen MR) is 61.4 cm³/mol. The summed E-state index contributed by atoms with van der Waals surface area (Å²) in [6.07, 6.45) is 2.16. The third-order valence-electron chi connectivity index (χ3n) is 2.94. The first-order valence-corrected chi connectivity index (χ1v) is 5.31. The first-order valence-electron chi connectivity index (χ1n) is 5.31. The molecule has 1 aliphatic rings. The standard InChI is InChI=1S/C13H15NO/c1-14-12-7-11(8-13(15)9-12)10-5-3-2-4-6-10/h2-6,11H,7-9H2,1H3/t11-/m0/s1. The second kappa shape index (κ2) is 4.39. The van der Waals surface area contributed by atoms with Crippen molar-refractivity contribution in [2.45, 2.75) is 25.2 Å². The number of carbonyl (C=O) groups is 1. The number of hydrogen-bond acceptors (Lipinski definition) is 2. The molecule has 1 aromatic carbocycles. The molecule has 0 unspecified atom stereocenters. The fourth-order valence-electron chi connectivity index (χ4n) is 2.13. The van der Waals surface area contributed by atoms with Crippen LogP contribution in [0.5, 0.6) is 0 Å². The lowest BCUT2D eigenvalue weighted by atomic mass is 9.82. The van der Waals surface area contributed by atoms with Gasteiger partial charge in [-0.05, 0) is 17.9 Å². The molecular weight excluding hydrogens is 186 g/mol. The molecule has 1 aromatic rings. The molecule has 0 aliphatic heterocycles. The fourth-order valence-corrected chi connectivity index (χ4v) is 2.13. The third-order valence-corrected chi connectivity index (χ3v) is 2.94. The van der Waals surface area contributed by atoms with E-state index in [4.69, 9.17) is 0 Å². The molecule has 0 bridgehead atoms. The number of ketones is 1. The topological polar surface area (TPSA) is 29.4 Å². The first-order chi connectivity index (χ1) is 7.29. The van der Waals surface area contributed by atoms with Crippen LogP contribution in [-0.4, -0.2) is 18.5 Å². The molecule has 0 saturated heterocycles. The van der Waals surface area contributed by atoms with Gasteiger partial charge >= 0.3 is 0 Å². The summed E-state index contributed by atoms with van der Waals surface area (Å²) in [6.45, 7) is 0. The Balaban J connectivity index is 2.20. The van der Waals surface area contributed by atoms with Gasteiger partial charge in [0.2, 0.25) is 0 Å². The van der Waals surface area contributed by atoms with Crippen LogP contribution < -0.4 is 0 Å². The summed E-state index contributed by atoms with van der Waals surface area (Å²) in [6, 6.07) is 10.2. The van der Waals surface area contributed by atoms with Gasteiger partial charge in [-0.1, -0.05) is 30.3 Å². The van der Waals surface area contributed by atoms with Crippen molar-refractivity contribution >= 4 is 11.5 Å². The zero-order chi connectivity index (χ0) is 10.7. The summed E-state index contributed by atoms with van der Waals surface area (Å²) in [5, 5.41) is 0. The largest absolute Gasteiger partial charge is 0.299 e. The Morgan fingerprint density at radius 1 is 1.20 bits per heavy atom. The normalized spacial score (nSPS) is 24.5. The lowest BCUT2D eigenvalue weighted by Gasteiger charge is -2.22. The molecule has 2 nitrogen and oxygen atoms in total. The van der Waals surface area contributed by atoms with Gasteiger partial charge in [0.25, 0.3) is 0 Å². The highest BCUT2D eigenvalue weighted by molar-refractivity contribution is 6.04. The Bertz CT molecular complexity index is 381. The molecule has 1 saturated carbocycles. The maximum atomic E-state index is 11.5. The van der Waals surface area contributed by atoms with Crippen LogP contribution in [0.4, 0.5) is 0 Å². The van der Waals surface area contributed by atoms with E-state index in [1.165, 1.54) is 5.56 Å². The van der Waals surface area contributed by atoms with Crippen molar-refractivity contribution in [3.8, 4) is 0 Å². The van der Waals surface area contributed by atoms with Gasteiger partial charge in [0.05, 0.1) is 0 Å². The van der Waals surface area contributed by atoms with Gasteiger partial charge in [-0.15, -0.1) is 0 Å². The smallest absolute Gasteiger partial charge is 0.139 e. The SMILES string of the molecule is CN=C1CC(=O)C[C@@H](c2ccccc2)C1. The molecule has 2 heteroatoms. The van der Waals surface area contributed by atoms with Crippen LogP contribution in [0, 0.1) is 0 Å². The summed E-state index contributed by atoms with van der Waals surface area (Å²) in [5.74, 6) is 0.654. The molecule has 15 heavy (non-hydrogen) atoms. The van der Waals surface area contributed by atoms with E-state index in [0.29, 0.717) is 24.5 Å². The summed E-state index contributed by atoms with van der Waals surface area (Å²) in [4.78, 5) is 15.7. The Morgan fingerprint density at radius 2 is 1.93 bits per heavy atom. The van der Waals surface area contributed by atoms with E-state index < -0.39 is 0 Å². The predicted octanol–water partition coefficient (Wildman–Crippen LogP) is 2.59. The van der Waals surface area contributed by atoms with E-state index in [-0.39, 0.29) is 0 Å². The zero-order valence-corrected chi connectivity index (χ0v) is 8.94. The second-order valence-corrected chi connectivity index (χ2v) is 4.02. The molecule has 1 fully saturated rings. The molecule has 0 aromatic heterocycles. The molecule has 78 valence electrons. The number of Topliss-reactive ketones (excluding diaryl/α,β-unsaturated/α-hetero) is 1. The summed E-state index contributed by atoms with van der Waals surface area (Å²) in [7, 11) is 1.77. The van der Waals surface area contributed by atoms with Gasteiger partial charge < -0.3 is 0 Å². The van der Waals surface area contributed by atoms with Crippen LogP contribution >= 0.6 is 0 Å². The van der Waals surface area contributed by atoms with Crippen molar-refractivity contribution in [2.75, 3.05) is 7.05 Å². The number of carbonyl (C=O) groups excluding carboxylic acids is 1. The molecule has 0 amide bonds. The van der Waals surface area contributed by atoms with Crippen LogP contribution in [-0.2, 0) is 4.79 Å². The van der Waals surface area contributed by atoms with Crippen molar-refractivity contribution in [2.24, 2.45) is 4.99 Å². The number of nitrogens with zero attached hydrogens (tertiary/aromatic N) is 1. The molecular formula is C13H15NO. The molecule has 0 radical (unpaired) electrons. The average Bonchev–Trinajstić information content (AvgIpc) is 2.29. The number of rotatable bonds is 1. The monoisotopic (exact) mass is 201 g/mol. The molecule has 2 rings (SSSR count). The van der Waals surface area contributed by atoms with E-state index >= 15 is 0 Å². The van der Waals surface area contributed by atoms with Crippen molar-refractivity contribution < 1.29 is 4.79 Å². The summed E-state index contributed by atoms with van der Waals surface area (Å²) in [5.41, 5.74) is 2.30. The highest BCUT2D eigenvalue weighted by Gasteiger charge is 2.24. The second-order valence-electron chi connectivity index (χ2n) is 4.02. The Morgan fingerprint density at radius 3 is 2.60 bits per heavy atom. The van der Waals surface area contributed by atoms with Crippen LogP contribution in [0.15, 0.2) is 35.3 Å². The Labute approximate surface area is 90.0 Å². The van der Waals surface area contributed by atoms with Crippen molar-refractivity contribution in [3.05, 3.63) is 35.9 Å². The van der Waals surface area contributed by atoms with Gasteiger partial charge in [-0.25, -0.2) is 0 Å². The molecule has 1 atom stereocenters. The molecule has 0 spiro atoms. The van der Waals surface area contributed by atoms with Gasteiger partial charge in [0.15, 0.2) is 0 Å². The van der Waals surface area contributed by atoms with Crippen molar-refractivity contribution in [3.63, 3.8) is 0 Å². The van der Waals surface area contributed by atoms with Crippen LogP contribution in [0.1, 0.15) is 30.7 Å². The van der Waals surface area contributed by atoms with Gasteiger partial charge in [-0.3, -0.25) is 9.79 Å². The minimum atomic E-state index is 0.315. The lowest BCUT2D eigenvalue weighted by Crippen LogP contribution is -2.21. The van der Waals surface area contributed by atoms with Gasteiger partial charge in [0, 0.05) is 25.6 Å². The van der Waals surface area contributed by atoms with Crippen LogP contribution in [0.2, 0.25) is 0 Å². The highest BCUT2D eigenvalue weighted by Crippen LogP contribution is 2.29. The minimum Gasteiger partial charge on any atom is -0.299 e. The third kappa shape index (κ3) is 2.32. The van der Waals surface area contributed by atoms with E-state index in [0.717, 1.165) is 12.1 Å². The van der Waals surface area contributed by atoms with Gasteiger partial charge in [-0.2, -0.15) is 0 Å². The molecule has 1 aliphatic carbocycles. The Hall–Kier alpha value is -1.44. The summed E-state index contributed by atoms with van der Waals surface area (Å²) < 4.78 is 0. The molecule has 0 heterocycles. The van der Waals surface area contributed by atoms with E-state index in [1.54, 1.807) is 7.05 Å². The fraction of sp³-hybridized carbons (Fsp3) is 0.385. The highest BCUT2D eigenvalue weighted by atomic mass is 16.1. The maximum absolute atomic E-state index is 11.5. The van der Waals surface area contributed by atoms with Crippen LogP contribution in [0.25, 0.3) is 0 Å². The van der Waals surface area contributed by atoms with Gasteiger partial charge in [0.1, 0.15) is 5.78 Å². The number of benzene rings is 1. The number of hydrogen-bond donors (Lipinski definition) is 0. The van der Waals surface area contributed by atoms with Crippen molar-refractivity contribution in [1.29, 1.82) is 0 Å². The maximum Gasteiger partial charge on any atom is 0.139 e. The lowest BCUT2D eigenvalue weighted by molar-refractivity contribution is -0.118. The minimum absolute atomic E-state index is 0.315. The quantitative estimate of drug-likeness (QED) is 0.686. The summed E-state index contributed by atoms with van der Waals surface area (Å²) >= 11 is 0. The van der Waals surface area contributed by atoms with E-state index in [1.807, 2.05) is 18.2 Å². The first kappa shape index (κ1) is 10.1. The zero-order valence-electron chi connectivity index (χ0n) is 8.94. The van der Waals surface area contributed by atoms with Crippen molar-refractivity contribution in [1.82, 2.24) is 0 Å².